The van der Waals surface area contributed by atoms with Crippen molar-refractivity contribution in [2.45, 2.75) is 30.0 Å². The Balaban J connectivity index is 1.54. The fraction of sp³-hybridized carbons (Fsp3) is 0.286. The molecule has 12 heteroatoms. The molecule has 2 atom stereocenters. The number of sulfonamides is 1. The number of nitrogens with zero attached hydrogens (tertiary/aromatic N) is 1. The first-order valence-electron chi connectivity index (χ1n) is 9.90. The quantitative estimate of drug-likeness (QED) is 0.487. The second kappa shape index (κ2) is 10.8. The molecule has 33 heavy (non-hydrogen) atoms. The van der Waals surface area contributed by atoms with Crippen molar-refractivity contribution in [3.8, 4) is 0 Å². The van der Waals surface area contributed by atoms with E-state index in [9.17, 15) is 27.9 Å². The minimum atomic E-state index is -4.12. The van der Waals surface area contributed by atoms with Crippen LogP contribution in [0.1, 0.15) is 12.0 Å². The van der Waals surface area contributed by atoms with Crippen LogP contribution in [0.15, 0.2) is 59.5 Å². The third kappa shape index (κ3) is 6.51. The molecule has 3 amide bonds. The number of rotatable bonds is 7. The van der Waals surface area contributed by atoms with Crippen molar-refractivity contribution >= 4 is 39.5 Å². The third-order valence-corrected chi connectivity index (χ3v) is 6.96. The van der Waals surface area contributed by atoms with Crippen molar-refractivity contribution in [3.63, 3.8) is 0 Å². The minimum Gasteiger partial charge on any atom is -0.454 e. The van der Waals surface area contributed by atoms with Crippen LogP contribution in [0.25, 0.3) is 0 Å². The van der Waals surface area contributed by atoms with E-state index in [1.54, 1.807) is 24.3 Å². The van der Waals surface area contributed by atoms with Gasteiger partial charge in [0, 0.05) is 24.5 Å². The first-order valence-corrected chi connectivity index (χ1v) is 11.7. The summed E-state index contributed by atoms with van der Waals surface area (Å²) in [7, 11) is -4.12. The highest BCUT2D eigenvalue weighted by molar-refractivity contribution is 7.89. The summed E-state index contributed by atoms with van der Waals surface area (Å²) >= 11 is 5.79. The van der Waals surface area contributed by atoms with Crippen LogP contribution in [0, 0.1) is 0 Å². The second-order valence-corrected chi connectivity index (χ2v) is 9.59. The standard InChI is InChI=1S/C21H22ClN3O7S/c22-15-6-8-17(9-7-15)33(30,31)25-12-16(26)10-18(25)20(28)32-13-19(27)24-21(29)23-11-14-4-2-1-3-5-14/h1-9,16,18,26H,10-13H2,(H2,23,24,27,29)/t16?,18-/m0/s1. The first-order chi connectivity index (χ1) is 15.7. The van der Waals surface area contributed by atoms with Gasteiger partial charge in [-0.3, -0.25) is 14.9 Å². The van der Waals surface area contributed by atoms with Gasteiger partial charge in [0.25, 0.3) is 5.91 Å². The normalized spacial score (nSPS) is 18.5. The van der Waals surface area contributed by atoms with Gasteiger partial charge < -0.3 is 15.2 Å². The van der Waals surface area contributed by atoms with E-state index in [0.717, 1.165) is 9.87 Å². The third-order valence-electron chi connectivity index (χ3n) is 4.82. The molecule has 2 aromatic rings. The molecule has 3 N–H and O–H groups in total. The summed E-state index contributed by atoms with van der Waals surface area (Å²) < 4.78 is 31.6. The Labute approximate surface area is 195 Å². The van der Waals surface area contributed by atoms with E-state index in [1.807, 2.05) is 11.4 Å². The van der Waals surface area contributed by atoms with E-state index >= 15 is 0 Å². The Bertz CT molecular complexity index is 1110. The molecule has 3 rings (SSSR count). The second-order valence-electron chi connectivity index (χ2n) is 7.26. The zero-order chi connectivity index (χ0) is 24.0. The van der Waals surface area contributed by atoms with Crippen molar-refractivity contribution in [2.75, 3.05) is 13.2 Å². The van der Waals surface area contributed by atoms with E-state index in [1.165, 1.54) is 24.3 Å². The number of hydrogen-bond acceptors (Lipinski definition) is 7. The lowest BCUT2D eigenvalue weighted by Gasteiger charge is -2.22. The van der Waals surface area contributed by atoms with Crippen LogP contribution < -0.4 is 10.6 Å². The van der Waals surface area contributed by atoms with E-state index in [0.29, 0.717) is 5.02 Å². The van der Waals surface area contributed by atoms with Crippen LogP contribution in [0.5, 0.6) is 0 Å². The average Bonchev–Trinajstić information content (AvgIpc) is 3.20. The Morgan fingerprint density at radius 3 is 2.42 bits per heavy atom. The molecule has 1 aliphatic heterocycles. The van der Waals surface area contributed by atoms with Crippen molar-refractivity contribution in [3.05, 3.63) is 65.2 Å². The highest BCUT2D eigenvalue weighted by Crippen LogP contribution is 2.28. The summed E-state index contributed by atoms with van der Waals surface area (Å²) in [6.07, 6.45) is -1.27. The Morgan fingerprint density at radius 2 is 1.76 bits per heavy atom. The van der Waals surface area contributed by atoms with Gasteiger partial charge in [0.2, 0.25) is 10.0 Å². The number of nitrogens with one attached hydrogen (secondary N) is 2. The van der Waals surface area contributed by atoms with Crippen molar-refractivity contribution < 1.29 is 32.6 Å². The van der Waals surface area contributed by atoms with Crippen molar-refractivity contribution in [1.29, 1.82) is 0 Å². The number of halogens is 1. The maximum absolute atomic E-state index is 12.9. The SMILES string of the molecule is O=C(COC(=O)[C@@H]1CC(O)CN1S(=O)(=O)c1ccc(Cl)cc1)NC(=O)NCc1ccccc1. The molecule has 0 saturated carbocycles. The van der Waals surface area contributed by atoms with Gasteiger partial charge in [-0.25, -0.2) is 13.2 Å². The molecule has 0 spiro atoms. The Kier molecular flexibility index (Phi) is 8.03. The number of carbonyl (C=O) groups is 3. The molecule has 176 valence electrons. The smallest absolute Gasteiger partial charge is 0.325 e. The molecule has 10 nitrogen and oxygen atoms in total. The molecule has 1 heterocycles. The zero-order valence-electron chi connectivity index (χ0n) is 17.3. The summed E-state index contributed by atoms with van der Waals surface area (Å²) in [5.41, 5.74) is 0.827. The fourth-order valence-corrected chi connectivity index (χ4v) is 4.98. The van der Waals surface area contributed by atoms with Crippen LogP contribution in [0.3, 0.4) is 0 Å². The predicted molar refractivity (Wildman–Crippen MR) is 118 cm³/mol. The summed E-state index contributed by atoms with van der Waals surface area (Å²) in [5.74, 6) is -1.90. The van der Waals surface area contributed by atoms with Crippen LogP contribution in [0.2, 0.25) is 5.02 Å². The minimum absolute atomic E-state index is 0.105. The summed E-state index contributed by atoms with van der Waals surface area (Å²) in [6.45, 7) is -0.908. The molecule has 0 aliphatic carbocycles. The number of ether oxygens (including phenoxy) is 1. The van der Waals surface area contributed by atoms with E-state index in [4.69, 9.17) is 16.3 Å². The summed E-state index contributed by atoms with van der Waals surface area (Å²) in [5, 5.41) is 14.8. The van der Waals surface area contributed by atoms with Crippen molar-refractivity contribution in [1.82, 2.24) is 14.9 Å². The number of carbonyl (C=O) groups excluding carboxylic acids is 3. The highest BCUT2D eigenvalue weighted by Gasteiger charge is 2.44. The molecular formula is C21H22ClN3O7S. The zero-order valence-corrected chi connectivity index (χ0v) is 18.9. The summed E-state index contributed by atoms with van der Waals surface area (Å²) in [4.78, 5) is 36.1. The van der Waals surface area contributed by atoms with E-state index in [2.05, 4.69) is 5.32 Å². The lowest BCUT2D eigenvalue weighted by molar-refractivity contribution is -0.151. The number of imide groups is 1. The lowest BCUT2D eigenvalue weighted by atomic mass is 10.2. The molecule has 0 aromatic heterocycles. The van der Waals surface area contributed by atoms with Crippen LogP contribution in [0.4, 0.5) is 4.79 Å². The molecule has 1 fully saturated rings. The molecule has 1 aliphatic rings. The number of esters is 1. The van der Waals surface area contributed by atoms with Gasteiger partial charge in [-0.15, -0.1) is 0 Å². The number of aliphatic hydroxyl groups is 1. The fourth-order valence-electron chi connectivity index (χ4n) is 3.22. The molecule has 2 aromatic carbocycles. The van der Waals surface area contributed by atoms with Gasteiger partial charge in [-0.1, -0.05) is 41.9 Å². The van der Waals surface area contributed by atoms with Crippen LogP contribution in [-0.4, -0.2) is 61.0 Å². The molecule has 0 radical (unpaired) electrons. The number of β-amino-alcohol motifs (C(OH)–C–C–N with tert-alkyl or cyclic N) is 1. The van der Waals surface area contributed by atoms with Crippen LogP contribution in [-0.2, 0) is 30.9 Å². The number of amides is 3. The average molecular weight is 496 g/mol. The lowest BCUT2D eigenvalue weighted by Crippen LogP contribution is -2.44. The number of urea groups is 1. The maximum atomic E-state index is 12.9. The monoisotopic (exact) mass is 495 g/mol. The van der Waals surface area contributed by atoms with E-state index < -0.39 is 46.7 Å². The van der Waals surface area contributed by atoms with Crippen molar-refractivity contribution in [2.24, 2.45) is 0 Å². The van der Waals surface area contributed by atoms with Gasteiger partial charge in [-0.2, -0.15) is 4.31 Å². The molecule has 1 saturated heterocycles. The largest absolute Gasteiger partial charge is 0.454 e. The van der Waals surface area contributed by atoms with Gasteiger partial charge in [0.1, 0.15) is 6.04 Å². The Morgan fingerprint density at radius 1 is 1.09 bits per heavy atom. The topological polar surface area (TPSA) is 142 Å². The van der Waals surface area contributed by atoms with E-state index in [-0.39, 0.29) is 24.4 Å². The highest BCUT2D eigenvalue weighted by atomic mass is 35.5. The number of aliphatic hydroxyl groups excluding tert-OH is 1. The molecule has 1 unspecified atom stereocenters. The van der Waals surface area contributed by atoms with Gasteiger partial charge in [0.15, 0.2) is 6.61 Å². The summed E-state index contributed by atoms with van der Waals surface area (Å²) in [6, 6.07) is 12.3. The van der Waals surface area contributed by atoms with Gasteiger partial charge >= 0.3 is 12.0 Å². The maximum Gasteiger partial charge on any atom is 0.325 e. The van der Waals surface area contributed by atoms with Gasteiger partial charge in [0.05, 0.1) is 11.0 Å². The molecular weight excluding hydrogens is 474 g/mol. The Hall–Kier alpha value is -2.99. The molecule has 0 bridgehead atoms. The predicted octanol–water partition coefficient (Wildman–Crippen LogP) is 1.03. The number of hydrogen-bond donors (Lipinski definition) is 3. The van der Waals surface area contributed by atoms with Gasteiger partial charge in [-0.05, 0) is 29.8 Å². The first kappa shape index (κ1) is 24.6. The van der Waals surface area contributed by atoms with Crippen LogP contribution >= 0.6 is 11.6 Å². The number of benzene rings is 2.